The van der Waals surface area contributed by atoms with E-state index in [0.717, 1.165) is 48.9 Å². The van der Waals surface area contributed by atoms with Gasteiger partial charge < -0.3 is 5.32 Å². The topological polar surface area (TPSA) is 58.2 Å². The molecule has 0 aliphatic heterocycles. The van der Waals surface area contributed by atoms with E-state index < -0.39 is 10.0 Å². The number of sulfonamides is 1. The normalized spacial score (nSPS) is 17.0. The fourth-order valence-corrected chi connectivity index (χ4v) is 4.86. The maximum atomic E-state index is 12.6. The van der Waals surface area contributed by atoms with Crippen LogP contribution in [0.5, 0.6) is 0 Å². The van der Waals surface area contributed by atoms with Crippen molar-refractivity contribution in [2.45, 2.75) is 63.3 Å². The lowest BCUT2D eigenvalue weighted by Gasteiger charge is -2.26. The van der Waals surface area contributed by atoms with Gasteiger partial charge in [0.25, 0.3) is 0 Å². The molecule has 0 saturated carbocycles. The zero-order valence-electron chi connectivity index (χ0n) is 17.4. The van der Waals surface area contributed by atoms with Crippen LogP contribution in [0.3, 0.4) is 0 Å². The summed E-state index contributed by atoms with van der Waals surface area (Å²) in [6.07, 6.45) is 4.35. The van der Waals surface area contributed by atoms with Crippen molar-refractivity contribution in [3.63, 3.8) is 0 Å². The fourth-order valence-electron chi connectivity index (χ4n) is 3.92. The quantitative estimate of drug-likeness (QED) is 0.731. The Labute approximate surface area is 169 Å². The predicted octanol–water partition coefficient (Wildman–Crippen LogP) is 4.24. The van der Waals surface area contributed by atoms with Crippen LogP contribution in [0.4, 0.5) is 0 Å². The van der Waals surface area contributed by atoms with Gasteiger partial charge in [-0.3, -0.25) is 0 Å². The van der Waals surface area contributed by atoms with Crippen molar-refractivity contribution in [2.24, 2.45) is 0 Å². The van der Waals surface area contributed by atoms with Crippen LogP contribution in [-0.4, -0.2) is 28.1 Å². The molecule has 0 unspecified atom stereocenters. The van der Waals surface area contributed by atoms with Crippen molar-refractivity contribution in [1.82, 2.24) is 10.0 Å². The Morgan fingerprint density at radius 1 is 1.11 bits per heavy atom. The summed E-state index contributed by atoms with van der Waals surface area (Å²) >= 11 is 0. The minimum absolute atomic E-state index is 0.341. The highest BCUT2D eigenvalue weighted by atomic mass is 32.2. The molecule has 0 heterocycles. The van der Waals surface area contributed by atoms with Gasteiger partial charge in [0.2, 0.25) is 10.0 Å². The molecular weight excluding hydrogens is 368 g/mol. The molecule has 0 amide bonds. The fraction of sp³-hybridized carbons (Fsp3) is 0.478. The molecule has 0 saturated heterocycles. The smallest absolute Gasteiger partial charge is 0.240 e. The Balaban J connectivity index is 2.01. The minimum atomic E-state index is -3.52. The monoisotopic (exact) mass is 400 g/mol. The van der Waals surface area contributed by atoms with Crippen molar-refractivity contribution in [3.8, 4) is 11.1 Å². The molecule has 2 aromatic carbocycles. The van der Waals surface area contributed by atoms with Gasteiger partial charge in [-0.2, -0.15) is 0 Å². The van der Waals surface area contributed by atoms with E-state index in [1.165, 1.54) is 18.2 Å². The number of rotatable bonds is 7. The predicted molar refractivity (Wildman–Crippen MR) is 116 cm³/mol. The average Bonchev–Trinajstić information content (AvgIpc) is 2.71. The third-order valence-electron chi connectivity index (χ3n) is 5.66. The lowest BCUT2D eigenvalue weighted by molar-refractivity contribution is 0.459. The molecule has 0 bridgehead atoms. The maximum absolute atomic E-state index is 12.6. The zero-order valence-corrected chi connectivity index (χ0v) is 18.2. The molecule has 3 rings (SSSR count). The molecular formula is C23H32N2O2S. The number of hydrogen-bond acceptors (Lipinski definition) is 3. The van der Waals surface area contributed by atoms with Crippen molar-refractivity contribution in [3.05, 3.63) is 53.1 Å². The molecule has 28 heavy (non-hydrogen) atoms. The second-order valence-corrected chi connectivity index (χ2v) is 9.85. The number of nitrogens with one attached hydrogen (secondary N) is 2. The molecule has 0 spiro atoms. The molecule has 0 aromatic heterocycles. The van der Waals surface area contributed by atoms with E-state index in [0.29, 0.717) is 16.9 Å². The van der Waals surface area contributed by atoms with Gasteiger partial charge in [0.05, 0.1) is 4.90 Å². The molecule has 2 N–H and O–H groups in total. The van der Waals surface area contributed by atoms with Gasteiger partial charge in [-0.25, -0.2) is 13.1 Å². The Morgan fingerprint density at radius 3 is 2.57 bits per heavy atom. The second-order valence-electron chi connectivity index (χ2n) is 8.00. The molecule has 5 heteroatoms. The highest BCUT2D eigenvalue weighted by Gasteiger charge is 2.22. The zero-order chi connectivity index (χ0) is 20.3. The third kappa shape index (κ3) is 4.48. The third-order valence-corrected chi connectivity index (χ3v) is 7.13. The average molecular weight is 401 g/mol. The summed E-state index contributed by atoms with van der Waals surface area (Å²) in [5, 5.41) is 3.63. The number of benzene rings is 2. The van der Waals surface area contributed by atoms with E-state index in [2.05, 4.69) is 49.0 Å². The van der Waals surface area contributed by atoms with Gasteiger partial charge in [-0.15, -0.1) is 0 Å². The van der Waals surface area contributed by atoms with Crippen molar-refractivity contribution < 1.29 is 8.42 Å². The van der Waals surface area contributed by atoms with Crippen LogP contribution in [0.1, 0.15) is 56.2 Å². The van der Waals surface area contributed by atoms with E-state index in [1.807, 2.05) is 12.1 Å². The molecule has 0 fully saturated rings. The Morgan fingerprint density at radius 2 is 1.89 bits per heavy atom. The van der Waals surface area contributed by atoms with Gasteiger partial charge in [0.1, 0.15) is 0 Å². The molecule has 0 radical (unpaired) electrons. The first kappa shape index (κ1) is 21.0. The van der Waals surface area contributed by atoms with Crippen LogP contribution in [0.25, 0.3) is 11.1 Å². The van der Waals surface area contributed by atoms with Crippen LogP contribution in [0, 0.1) is 0 Å². The summed E-state index contributed by atoms with van der Waals surface area (Å²) in [4.78, 5) is 0.345. The van der Waals surface area contributed by atoms with E-state index in [1.54, 1.807) is 6.07 Å². The highest BCUT2D eigenvalue weighted by Crippen LogP contribution is 2.33. The summed E-state index contributed by atoms with van der Waals surface area (Å²) in [6, 6.07) is 12.7. The van der Waals surface area contributed by atoms with E-state index in [4.69, 9.17) is 0 Å². The van der Waals surface area contributed by atoms with E-state index in [9.17, 15) is 8.42 Å². The largest absolute Gasteiger partial charge is 0.314 e. The van der Waals surface area contributed by atoms with Gasteiger partial charge in [0.15, 0.2) is 0 Å². The summed E-state index contributed by atoms with van der Waals surface area (Å²) in [5.41, 5.74) is 5.63. The Kier molecular flexibility index (Phi) is 6.58. The SMILES string of the molecule is CCCN[C@H]1CCc2cc(-c3cc(C(C)C)ccc3S(=O)(=O)NC)ccc2C1. The molecule has 1 atom stereocenters. The lowest BCUT2D eigenvalue weighted by atomic mass is 9.86. The van der Waals surface area contributed by atoms with Crippen LogP contribution in [0.15, 0.2) is 41.3 Å². The molecule has 4 nitrogen and oxygen atoms in total. The van der Waals surface area contributed by atoms with Gasteiger partial charge in [0, 0.05) is 11.6 Å². The first-order chi connectivity index (χ1) is 13.4. The Bertz CT molecular complexity index is 936. The summed E-state index contributed by atoms with van der Waals surface area (Å²) in [6.45, 7) is 7.51. The van der Waals surface area contributed by atoms with E-state index in [-0.39, 0.29) is 0 Å². The first-order valence-corrected chi connectivity index (χ1v) is 11.8. The van der Waals surface area contributed by atoms with Crippen LogP contribution >= 0.6 is 0 Å². The Hall–Kier alpha value is -1.69. The molecule has 1 aliphatic carbocycles. The molecule has 152 valence electrons. The lowest BCUT2D eigenvalue weighted by Crippen LogP contribution is -2.34. The highest BCUT2D eigenvalue weighted by molar-refractivity contribution is 7.89. The summed E-state index contributed by atoms with van der Waals surface area (Å²) in [7, 11) is -2.06. The van der Waals surface area contributed by atoms with Crippen LogP contribution < -0.4 is 10.0 Å². The summed E-state index contributed by atoms with van der Waals surface area (Å²) in [5.74, 6) is 0.341. The second kappa shape index (κ2) is 8.76. The molecule has 2 aromatic rings. The first-order valence-electron chi connectivity index (χ1n) is 10.3. The van der Waals surface area contributed by atoms with Gasteiger partial charge >= 0.3 is 0 Å². The number of aryl methyl sites for hydroxylation is 1. The van der Waals surface area contributed by atoms with E-state index >= 15 is 0 Å². The maximum Gasteiger partial charge on any atom is 0.240 e. The number of hydrogen-bond donors (Lipinski definition) is 2. The number of fused-ring (bicyclic) bond motifs is 1. The van der Waals surface area contributed by atoms with Crippen molar-refractivity contribution in [1.29, 1.82) is 0 Å². The van der Waals surface area contributed by atoms with Crippen LogP contribution in [0.2, 0.25) is 0 Å². The van der Waals surface area contributed by atoms with Crippen LogP contribution in [-0.2, 0) is 22.9 Å². The van der Waals surface area contributed by atoms with Gasteiger partial charge in [-0.05, 0) is 79.6 Å². The van der Waals surface area contributed by atoms with Crippen molar-refractivity contribution >= 4 is 10.0 Å². The van der Waals surface area contributed by atoms with Crippen molar-refractivity contribution in [2.75, 3.05) is 13.6 Å². The van der Waals surface area contributed by atoms with Gasteiger partial charge in [-0.1, -0.05) is 45.0 Å². The summed E-state index contributed by atoms with van der Waals surface area (Å²) < 4.78 is 27.6. The molecule has 1 aliphatic rings. The standard InChI is InChI=1S/C23H32N2O2S/c1-5-12-25-21-10-8-18-13-20(7-6-19(18)14-21)22-15-17(16(2)3)9-11-23(22)28(26,27)24-4/h6-7,9,11,13,15-16,21,24-25H,5,8,10,12,14H2,1-4H3/t21-/m0/s1. The minimum Gasteiger partial charge on any atom is -0.314 e.